The van der Waals surface area contributed by atoms with Gasteiger partial charge >= 0.3 is 12.1 Å². The summed E-state index contributed by atoms with van der Waals surface area (Å²) in [7, 11) is 1.34. The molecule has 3 aliphatic rings. The Bertz CT molecular complexity index is 405. The first kappa shape index (κ1) is 13.7. The van der Waals surface area contributed by atoms with Gasteiger partial charge in [-0.1, -0.05) is 6.42 Å². The highest BCUT2D eigenvalue weighted by Gasteiger charge is 2.54. The van der Waals surface area contributed by atoms with E-state index < -0.39 is 6.16 Å². The molecule has 5 nitrogen and oxygen atoms in total. The molecule has 0 aromatic heterocycles. The van der Waals surface area contributed by atoms with Gasteiger partial charge < -0.3 is 14.2 Å². The Kier molecular flexibility index (Phi) is 3.61. The molecule has 112 valence electrons. The van der Waals surface area contributed by atoms with Crippen molar-refractivity contribution in [3.63, 3.8) is 0 Å². The quantitative estimate of drug-likeness (QED) is 0.728. The molecule has 0 N–H and O–H groups in total. The monoisotopic (exact) mass is 282 g/mol. The molecule has 0 heterocycles. The van der Waals surface area contributed by atoms with E-state index in [9.17, 15) is 9.59 Å². The molecule has 3 aliphatic carbocycles. The summed E-state index contributed by atoms with van der Waals surface area (Å²) >= 11 is 0. The molecule has 3 saturated carbocycles. The standard InChI is InChI=1S/C15H22O5/c1-8(16)19-14-10-5-9-3-4-11(12(14)6-9)13(7-10)20-15(17)18-2/h9-14H,3-7H2,1-2H3. The molecule has 0 amide bonds. The van der Waals surface area contributed by atoms with Crippen LogP contribution < -0.4 is 0 Å². The van der Waals surface area contributed by atoms with Crippen molar-refractivity contribution in [2.75, 3.05) is 7.11 Å². The van der Waals surface area contributed by atoms with Crippen molar-refractivity contribution in [3.8, 4) is 0 Å². The lowest BCUT2D eigenvalue weighted by atomic mass is 9.55. The molecule has 3 bridgehead atoms. The molecule has 3 fully saturated rings. The number of rotatable bonds is 2. The van der Waals surface area contributed by atoms with E-state index in [1.54, 1.807) is 0 Å². The van der Waals surface area contributed by atoms with Gasteiger partial charge in [-0.05, 0) is 31.6 Å². The maximum Gasteiger partial charge on any atom is 0.508 e. The third-order valence-corrected chi connectivity index (χ3v) is 5.32. The highest BCUT2D eigenvalue weighted by atomic mass is 16.7. The first-order valence-corrected chi connectivity index (χ1v) is 7.50. The summed E-state index contributed by atoms with van der Waals surface area (Å²) in [5, 5.41) is 0. The van der Waals surface area contributed by atoms with E-state index in [-0.39, 0.29) is 18.2 Å². The summed E-state index contributed by atoms with van der Waals surface area (Å²) in [6, 6.07) is 0. The topological polar surface area (TPSA) is 61.8 Å². The van der Waals surface area contributed by atoms with Gasteiger partial charge in [-0.2, -0.15) is 0 Å². The number of methoxy groups -OCH3 is 1. The molecule has 0 aliphatic heterocycles. The Morgan fingerprint density at radius 2 is 1.80 bits per heavy atom. The number of carbonyl (C=O) groups is 2. The highest BCUT2D eigenvalue weighted by molar-refractivity contribution is 5.66. The number of carbonyl (C=O) groups excluding carboxylic acids is 2. The molecule has 0 saturated heterocycles. The maximum absolute atomic E-state index is 11.4. The fraction of sp³-hybridized carbons (Fsp3) is 0.867. The molecule has 20 heavy (non-hydrogen) atoms. The zero-order valence-electron chi connectivity index (χ0n) is 12.0. The third kappa shape index (κ3) is 2.38. The minimum atomic E-state index is -0.596. The van der Waals surface area contributed by atoms with Crippen molar-refractivity contribution in [2.45, 2.75) is 51.2 Å². The summed E-state index contributed by atoms with van der Waals surface area (Å²) in [5.41, 5.74) is 0. The second-order valence-electron chi connectivity index (χ2n) is 6.42. The van der Waals surface area contributed by atoms with Crippen molar-refractivity contribution in [1.82, 2.24) is 0 Å². The number of hydrogen-bond acceptors (Lipinski definition) is 5. The summed E-state index contributed by atoms with van der Waals surface area (Å²) in [6.45, 7) is 1.48. The lowest BCUT2D eigenvalue weighted by Gasteiger charge is -2.54. The van der Waals surface area contributed by atoms with Crippen LogP contribution in [0.1, 0.15) is 39.0 Å². The van der Waals surface area contributed by atoms with E-state index in [1.165, 1.54) is 20.5 Å². The number of hydrogen-bond donors (Lipinski definition) is 0. The second-order valence-corrected chi connectivity index (χ2v) is 6.42. The molecular formula is C15H22O5. The summed E-state index contributed by atoms with van der Waals surface area (Å²) < 4.78 is 15.7. The fourth-order valence-corrected chi connectivity index (χ4v) is 4.67. The average molecular weight is 282 g/mol. The van der Waals surface area contributed by atoms with E-state index in [0.29, 0.717) is 17.8 Å². The van der Waals surface area contributed by atoms with Gasteiger partial charge in [-0.3, -0.25) is 4.79 Å². The highest BCUT2D eigenvalue weighted by Crippen LogP contribution is 2.54. The minimum absolute atomic E-state index is 0.0200. The number of esters is 1. The Balaban J connectivity index is 1.78. The second kappa shape index (κ2) is 5.26. The van der Waals surface area contributed by atoms with Crippen LogP contribution >= 0.6 is 0 Å². The molecular weight excluding hydrogens is 260 g/mol. The van der Waals surface area contributed by atoms with Crippen LogP contribution in [0.25, 0.3) is 0 Å². The van der Waals surface area contributed by atoms with Gasteiger partial charge in [0.2, 0.25) is 0 Å². The Labute approximate surface area is 118 Å². The molecule has 0 spiro atoms. The van der Waals surface area contributed by atoms with Crippen LogP contribution in [0.3, 0.4) is 0 Å². The van der Waals surface area contributed by atoms with E-state index >= 15 is 0 Å². The van der Waals surface area contributed by atoms with E-state index in [0.717, 1.165) is 31.6 Å². The lowest BCUT2D eigenvalue weighted by molar-refractivity contribution is -0.182. The third-order valence-electron chi connectivity index (χ3n) is 5.32. The Morgan fingerprint density at radius 3 is 2.50 bits per heavy atom. The summed E-state index contributed by atoms with van der Waals surface area (Å²) in [4.78, 5) is 22.7. The van der Waals surface area contributed by atoms with E-state index in [1.807, 2.05) is 0 Å². The molecule has 3 rings (SSSR count). The van der Waals surface area contributed by atoms with Crippen molar-refractivity contribution >= 4 is 12.1 Å². The van der Waals surface area contributed by atoms with Crippen molar-refractivity contribution in [2.24, 2.45) is 23.7 Å². The van der Waals surface area contributed by atoms with E-state index in [2.05, 4.69) is 4.74 Å². The first-order chi connectivity index (χ1) is 9.58. The number of fused-ring (bicyclic) bond motifs is 2. The molecule has 5 heteroatoms. The number of ether oxygens (including phenoxy) is 3. The first-order valence-electron chi connectivity index (χ1n) is 7.50. The van der Waals surface area contributed by atoms with Gasteiger partial charge in [0.15, 0.2) is 0 Å². The van der Waals surface area contributed by atoms with Crippen molar-refractivity contribution in [1.29, 1.82) is 0 Å². The molecule has 0 aromatic rings. The normalized spacial score (nSPS) is 41.9. The van der Waals surface area contributed by atoms with Gasteiger partial charge in [0.1, 0.15) is 12.2 Å². The van der Waals surface area contributed by atoms with E-state index in [4.69, 9.17) is 9.47 Å². The van der Waals surface area contributed by atoms with Crippen molar-refractivity contribution < 1.29 is 23.8 Å². The van der Waals surface area contributed by atoms with Crippen molar-refractivity contribution in [3.05, 3.63) is 0 Å². The van der Waals surface area contributed by atoms with Gasteiger partial charge in [0.25, 0.3) is 0 Å². The maximum atomic E-state index is 11.4. The van der Waals surface area contributed by atoms with Crippen LogP contribution in [-0.2, 0) is 19.0 Å². The SMILES string of the molecule is COC(=O)OC1CC2CC3CCC1C(C3)C2OC(C)=O. The summed E-state index contributed by atoms with van der Waals surface area (Å²) in [6.07, 6.45) is 4.58. The summed E-state index contributed by atoms with van der Waals surface area (Å²) in [5.74, 6) is 1.54. The van der Waals surface area contributed by atoms with Gasteiger partial charge in [-0.25, -0.2) is 4.79 Å². The lowest BCUT2D eigenvalue weighted by Crippen LogP contribution is -2.55. The van der Waals surface area contributed by atoms with Gasteiger partial charge in [0, 0.05) is 24.7 Å². The zero-order valence-corrected chi connectivity index (χ0v) is 12.0. The molecule has 0 aromatic carbocycles. The zero-order chi connectivity index (χ0) is 14.3. The van der Waals surface area contributed by atoms with Gasteiger partial charge in [-0.15, -0.1) is 0 Å². The Hall–Kier alpha value is -1.26. The predicted molar refractivity (Wildman–Crippen MR) is 69.9 cm³/mol. The minimum Gasteiger partial charge on any atom is -0.462 e. The molecule has 0 radical (unpaired) electrons. The van der Waals surface area contributed by atoms with Crippen LogP contribution in [0.2, 0.25) is 0 Å². The molecule has 6 atom stereocenters. The van der Waals surface area contributed by atoms with Crippen LogP contribution in [0.5, 0.6) is 0 Å². The van der Waals surface area contributed by atoms with Crippen LogP contribution in [0, 0.1) is 23.7 Å². The van der Waals surface area contributed by atoms with Gasteiger partial charge in [0.05, 0.1) is 7.11 Å². The Morgan fingerprint density at radius 1 is 1.00 bits per heavy atom. The van der Waals surface area contributed by atoms with Crippen LogP contribution in [0.4, 0.5) is 4.79 Å². The largest absolute Gasteiger partial charge is 0.508 e. The average Bonchev–Trinajstić information content (AvgIpc) is 2.39. The van der Waals surface area contributed by atoms with Crippen LogP contribution in [-0.4, -0.2) is 31.4 Å². The smallest absolute Gasteiger partial charge is 0.462 e. The predicted octanol–water partition coefficient (Wildman–Crippen LogP) is 2.53. The fourth-order valence-electron chi connectivity index (χ4n) is 4.67. The molecule has 6 unspecified atom stereocenters. The van der Waals surface area contributed by atoms with Crippen LogP contribution in [0.15, 0.2) is 0 Å².